The van der Waals surface area contributed by atoms with Crippen LogP contribution in [0.5, 0.6) is 0 Å². The third kappa shape index (κ3) is 1.97. The van der Waals surface area contributed by atoms with Gasteiger partial charge in [0.05, 0.1) is 6.54 Å². The molecule has 4 aliphatic carbocycles. The van der Waals surface area contributed by atoms with E-state index in [2.05, 4.69) is 11.2 Å². The van der Waals surface area contributed by atoms with Gasteiger partial charge in [-0.2, -0.15) is 0 Å². The van der Waals surface area contributed by atoms with Gasteiger partial charge in [0.2, 0.25) is 0 Å². The van der Waals surface area contributed by atoms with Crippen LogP contribution < -0.4 is 5.32 Å². The van der Waals surface area contributed by atoms with Crippen molar-refractivity contribution in [3.63, 3.8) is 0 Å². The van der Waals surface area contributed by atoms with Gasteiger partial charge in [-0.05, 0) is 68.6 Å². The molecule has 4 rings (SSSR count). The quantitative estimate of drug-likeness (QED) is 0.762. The van der Waals surface area contributed by atoms with Crippen molar-refractivity contribution in [3.8, 4) is 12.3 Å². The minimum absolute atomic E-state index is 0.256. The maximum Gasteiger partial charge on any atom is 0.323 e. The van der Waals surface area contributed by atoms with E-state index in [1.807, 2.05) is 6.92 Å². The smallest absolute Gasteiger partial charge is 0.323 e. The number of hydrogen-bond donors (Lipinski definition) is 2. The van der Waals surface area contributed by atoms with Gasteiger partial charge in [-0.15, -0.1) is 6.42 Å². The fourth-order valence-corrected chi connectivity index (χ4v) is 5.44. The molecule has 4 aliphatic rings. The summed E-state index contributed by atoms with van der Waals surface area (Å²) in [5, 5.41) is 12.9. The summed E-state index contributed by atoms with van der Waals surface area (Å²) in [6, 6.07) is 0. The van der Waals surface area contributed by atoms with E-state index in [1.165, 1.54) is 32.1 Å². The van der Waals surface area contributed by atoms with Crippen LogP contribution in [0.25, 0.3) is 0 Å². The third-order valence-corrected chi connectivity index (χ3v) is 5.90. The van der Waals surface area contributed by atoms with Crippen LogP contribution in [0.3, 0.4) is 0 Å². The summed E-state index contributed by atoms with van der Waals surface area (Å²) in [5.41, 5.74) is -0.852. The molecule has 4 saturated carbocycles. The second-order valence-electron chi connectivity index (χ2n) is 7.02. The van der Waals surface area contributed by atoms with E-state index in [4.69, 9.17) is 6.42 Å². The number of carboxylic acid groups (broad SMARTS) is 1. The standard InChI is InChI=1S/C16H23NO2/c1-3-4-17-16(2,15(18)19)14-12-6-10-5-11(8-12)9-13(14)7-10/h1,10-14,17H,4-9H2,2H3,(H,18,19). The van der Waals surface area contributed by atoms with Gasteiger partial charge in [0.25, 0.3) is 0 Å². The van der Waals surface area contributed by atoms with Crippen molar-refractivity contribution in [2.75, 3.05) is 6.54 Å². The molecule has 3 nitrogen and oxygen atoms in total. The molecule has 1 unspecified atom stereocenters. The highest BCUT2D eigenvalue weighted by atomic mass is 16.4. The first-order chi connectivity index (χ1) is 9.04. The summed E-state index contributed by atoms with van der Waals surface area (Å²) in [4.78, 5) is 11.8. The first kappa shape index (κ1) is 13.0. The predicted octanol–water partition coefficient (Wildman–Crippen LogP) is 2.12. The minimum atomic E-state index is -0.852. The minimum Gasteiger partial charge on any atom is -0.480 e. The van der Waals surface area contributed by atoms with Gasteiger partial charge >= 0.3 is 5.97 Å². The average molecular weight is 261 g/mol. The van der Waals surface area contributed by atoms with Crippen molar-refractivity contribution < 1.29 is 9.90 Å². The van der Waals surface area contributed by atoms with Gasteiger partial charge in [-0.3, -0.25) is 10.1 Å². The predicted molar refractivity (Wildman–Crippen MR) is 73.4 cm³/mol. The number of aliphatic carboxylic acids is 1. The zero-order chi connectivity index (χ0) is 13.6. The van der Waals surface area contributed by atoms with E-state index in [9.17, 15) is 9.90 Å². The summed E-state index contributed by atoms with van der Waals surface area (Å²) in [5.74, 6) is 4.95. The van der Waals surface area contributed by atoms with Gasteiger partial charge in [0.15, 0.2) is 0 Å². The second-order valence-corrected chi connectivity index (χ2v) is 7.02. The molecule has 0 aliphatic heterocycles. The molecule has 0 radical (unpaired) electrons. The van der Waals surface area contributed by atoms with E-state index in [0.29, 0.717) is 18.4 Å². The highest BCUT2D eigenvalue weighted by Crippen LogP contribution is 2.59. The Morgan fingerprint density at radius 1 is 1.26 bits per heavy atom. The molecule has 0 aromatic rings. The molecule has 19 heavy (non-hydrogen) atoms. The van der Waals surface area contributed by atoms with Gasteiger partial charge in [0.1, 0.15) is 5.54 Å². The lowest BCUT2D eigenvalue weighted by Gasteiger charge is -2.58. The van der Waals surface area contributed by atoms with E-state index in [1.54, 1.807) is 0 Å². The molecular formula is C16H23NO2. The Morgan fingerprint density at radius 2 is 1.79 bits per heavy atom. The first-order valence-electron chi connectivity index (χ1n) is 7.46. The fraction of sp³-hybridized carbons (Fsp3) is 0.812. The number of nitrogens with one attached hydrogen (secondary N) is 1. The van der Waals surface area contributed by atoms with Crippen molar-refractivity contribution in [1.82, 2.24) is 5.32 Å². The van der Waals surface area contributed by atoms with Crippen LogP contribution in [0.4, 0.5) is 0 Å². The molecule has 3 heteroatoms. The lowest BCUT2D eigenvalue weighted by Crippen LogP contribution is -2.63. The van der Waals surface area contributed by atoms with Gasteiger partial charge < -0.3 is 5.11 Å². The Labute approximate surface area is 115 Å². The summed E-state index contributed by atoms with van der Waals surface area (Å²) in [6.07, 6.45) is 11.6. The monoisotopic (exact) mass is 261 g/mol. The molecule has 0 aromatic heterocycles. The van der Waals surface area contributed by atoms with Crippen molar-refractivity contribution in [1.29, 1.82) is 0 Å². The molecule has 0 aromatic carbocycles. The third-order valence-electron chi connectivity index (χ3n) is 5.90. The van der Waals surface area contributed by atoms with E-state index in [0.717, 1.165) is 11.8 Å². The fourth-order valence-electron chi connectivity index (χ4n) is 5.44. The molecule has 0 spiro atoms. The molecule has 4 fully saturated rings. The molecular weight excluding hydrogens is 238 g/mol. The van der Waals surface area contributed by atoms with Crippen LogP contribution in [-0.2, 0) is 4.79 Å². The molecule has 0 heterocycles. The van der Waals surface area contributed by atoms with Crippen LogP contribution in [0.2, 0.25) is 0 Å². The van der Waals surface area contributed by atoms with Crippen molar-refractivity contribution in [2.24, 2.45) is 29.6 Å². The highest BCUT2D eigenvalue weighted by Gasteiger charge is 2.56. The number of terminal acetylenes is 1. The highest BCUT2D eigenvalue weighted by molar-refractivity contribution is 5.79. The largest absolute Gasteiger partial charge is 0.480 e. The first-order valence-corrected chi connectivity index (χ1v) is 7.46. The number of carbonyl (C=O) groups is 1. The number of carboxylic acids is 1. The zero-order valence-electron chi connectivity index (χ0n) is 11.6. The Hall–Kier alpha value is -1.01. The lowest BCUT2D eigenvalue weighted by atomic mass is 9.48. The SMILES string of the molecule is C#CCNC(C)(C(=O)O)C1C2CC3CC(C2)CC1C3. The number of hydrogen-bond acceptors (Lipinski definition) is 2. The van der Waals surface area contributed by atoms with Gasteiger partial charge in [0, 0.05) is 0 Å². The van der Waals surface area contributed by atoms with E-state index < -0.39 is 11.5 Å². The molecule has 2 N–H and O–H groups in total. The second kappa shape index (κ2) is 4.52. The number of rotatable bonds is 4. The maximum absolute atomic E-state index is 11.8. The Morgan fingerprint density at radius 3 is 2.21 bits per heavy atom. The Kier molecular flexibility index (Phi) is 3.09. The topological polar surface area (TPSA) is 49.3 Å². The van der Waals surface area contributed by atoms with Gasteiger partial charge in [-0.1, -0.05) is 5.92 Å². The van der Waals surface area contributed by atoms with Crippen molar-refractivity contribution >= 4 is 5.97 Å². The zero-order valence-corrected chi connectivity index (χ0v) is 11.6. The lowest BCUT2D eigenvalue weighted by molar-refractivity contribution is -0.156. The Bertz CT molecular complexity index is 397. The molecule has 1 atom stereocenters. The molecule has 0 saturated heterocycles. The molecule has 0 amide bonds. The summed E-state index contributed by atoms with van der Waals surface area (Å²) < 4.78 is 0. The van der Waals surface area contributed by atoms with Crippen LogP contribution in [0.15, 0.2) is 0 Å². The van der Waals surface area contributed by atoms with E-state index in [-0.39, 0.29) is 5.92 Å². The summed E-state index contributed by atoms with van der Waals surface area (Å²) >= 11 is 0. The van der Waals surface area contributed by atoms with Crippen molar-refractivity contribution in [3.05, 3.63) is 0 Å². The normalized spacial score (nSPS) is 42.6. The van der Waals surface area contributed by atoms with E-state index >= 15 is 0 Å². The van der Waals surface area contributed by atoms with Crippen LogP contribution in [0.1, 0.15) is 39.0 Å². The van der Waals surface area contributed by atoms with Crippen LogP contribution >= 0.6 is 0 Å². The van der Waals surface area contributed by atoms with Crippen LogP contribution in [0, 0.1) is 41.9 Å². The summed E-state index contributed by atoms with van der Waals surface area (Å²) in [6.45, 7) is 2.19. The van der Waals surface area contributed by atoms with Crippen LogP contribution in [-0.4, -0.2) is 23.2 Å². The Balaban J connectivity index is 1.87. The maximum atomic E-state index is 11.8. The molecule has 4 bridgehead atoms. The summed E-state index contributed by atoms with van der Waals surface area (Å²) in [7, 11) is 0. The average Bonchev–Trinajstić information content (AvgIpc) is 2.34. The molecule has 104 valence electrons. The van der Waals surface area contributed by atoms with Gasteiger partial charge in [-0.25, -0.2) is 0 Å². The van der Waals surface area contributed by atoms with Crippen molar-refractivity contribution in [2.45, 2.75) is 44.6 Å².